The van der Waals surface area contributed by atoms with Gasteiger partial charge in [0, 0.05) is 10.9 Å². The second-order valence-corrected chi connectivity index (χ2v) is 4.45. The lowest BCUT2D eigenvalue weighted by molar-refractivity contribution is 0.0888. The van der Waals surface area contributed by atoms with Crippen molar-refractivity contribution in [3.63, 3.8) is 0 Å². The van der Waals surface area contributed by atoms with Gasteiger partial charge in [0.1, 0.15) is 5.54 Å². The van der Waals surface area contributed by atoms with E-state index in [1.807, 2.05) is 0 Å². The molecule has 0 aliphatic heterocycles. The maximum Gasteiger partial charge on any atom is 0.272 e. The first kappa shape index (κ1) is 10.9. The van der Waals surface area contributed by atoms with E-state index >= 15 is 0 Å². The average Bonchev–Trinajstić information content (AvgIpc) is 2.60. The van der Waals surface area contributed by atoms with Crippen LogP contribution >= 0.6 is 15.9 Å². The molecule has 1 saturated carbocycles. The molecule has 1 aliphatic rings. The normalized spacial score (nSPS) is 27.9. The molecule has 2 rings (SSSR count). The maximum absolute atomic E-state index is 12.9. The third-order valence-electron chi connectivity index (χ3n) is 2.52. The first-order valence-corrected chi connectivity index (χ1v) is 4.89. The van der Waals surface area contributed by atoms with Crippen LogP contribution < -0.4 is 5.73 Å². The van der Waals surface area contributed by atoms with Gasteiger partial charge in [-0.3, -0.25) is 0 Å². The molecule has 6 heteroatoms. The van der Waals surface area contributed by atoms with Crippen LogP contribution in [0.2, 0.25) is 0 Å². The number of hydrogen-bond donors (Lipinski definition) is 1. The summed E-state index contributed by atoms with van der Waals surface area (Å²) in [5.74, 6) is -5.33. The highest BCUT2D eigenvalue weighted by molar-refractivity contribution is 9.10. The Morgan fingerprint density at radius 2 is 1.67 bits per heavy atom. The van der Waals surface area contributed by atoms with Crippen LogP contribution in [0.1, 0.15) is 12.0 Å². The highest BCUT2D eigenvalue weighted by Crippen LogP contribution is 2.58. The van der Waals surface area contributed by atoms with E-state index in [9.17, 15) is 17.6 Å². The molecule has 1 aliphatic carbocycles. The Bertz CT molecular complexity index is 434. The lowest BCUT2D eigenvalue weighted by Gasteiger charge is -2.13. The van der Waals surface area contributed by atoms with E-state index in [2.05, 4.69) is 15.9 Å². The number of halogens is 5. The van der Waals surface area contributed by atoms with Gasteiger partial charge in [-0.2, -0.15) is 0 Å². The number of hydrogen-bond acceptors (Lipinski definition) is 1. The zero-order chi connectivity index (χ0) is 11.4. The van der Waals surface area contributed by atoms with Gasteiger partial charge < -0.3 is 5.73 Å². The van der Waals surface area contributed by atoms with E-state index < -0.39 is 29.5 Å². The van der Waals surface area contributed by atoms with Gasteiger partial charge in [-0.05, 0) is 17.7 Å². The molecular formula is C9H6BrF4N. The summed E-state index contributed by atoms with van der Waals surface area (Å²) in [5.41, 5.74) is 3.42. The average molecular weight is 284 g/mol. The Balaban J connectivity index is 2.52. The zero-order valence-electron chi connectivity index (χ0n) is 7.33. The molecule has 2 N–H and O–H groups in total. The molecule has 0 heterocycles. The molecule has 0 saturated heterocycles. The fourth-order valence-corrected chi connectivity index (χ4v) is 2.13. The second kappa shape index (κ2) is 2.95. The van der Waals surface area contributed by atoms with Crippen molar-refractivity contribution in [3.8, 4) is 0 Å². The molecule has 1 atom stereocenters. The molecule has 0 spiro atoms. The molecule has 1 aromatic carbocycles. The summed E-state index contributed by atoms with van der Waals surface area (Å²) >= 11 is 2.89. The fourth-order valence-electron chi connectivity index (χ4n) is 1.46. The van der Waals surface area contributed by atoms with Crippen LogP contribution in [-0.2, 0) is 5.54 Å². The molecule has 0 radical (unpaired) electrons. The molecule has 1 nitrogen and oxygen atoms in total. The number of benzene rings is 1. The molecule has 0 aromatic heterocycles. The predicted octanol–water partition coefficient (Wildman–Crippen LogP) is 2.92. The first-order chi connectivity index (χ1) is 6.78. The summed E-state index contributed by atoms with van der Waals surface area (Å²) in [7, 11) is 0. The van der Waals surface area contributed by atoms with Crippen molar-refractivity contribution in [2.75, 3.05) is 0 Å². The Morgan fingerprint density at radius 3 is 2.13 bits per heavy atom. The summed E-state index contributed by atoms with van der Waals surface area (Å²) in [6.07, 6.45) is -0.552. The predicted molar refractivity (Wildman–Crippen MR) is 49.5 cm³/mol. The third kappa shape index (κ3) is 1.47. The summed E-state index contributed by atoms with van der Waals surface area (Å²) in [5, 5.41) is 0. The Labute approximate surface area is 91.4 Å². The van der Waals surface area contributed by atoms with E-state index in [1.54, 1.807) is 0 Å². The van der Waals surface area contributed by atoms with Gasteiger partial charge in [0.05, 0.1) is 0 Å². The Hall–Kier alpha value is -0.620. The summed E-state index contributed by atoms with van der Waals surface area (Å²) in [4.78, 5) is 0. The molecule has 1 fully saturated rings. The van der Waals surface area contributed by atoms with E-state index in [0.717, 1.165) is 6.07 Å². The standard InChI is InChI=1S/C9H6BrF4N/c10-5-2-7(12)6(11)1-4(5)8(15)3-9(8,13)14/h1-2H,3,15H2. The number of nitrogens with two attached hydrogens (primary N) is 1. The zero-order valence-corrected chi connectivity index (χ0v) is 8.91. The van der Waals surface area contributed by atoms with Crippen molar-refractivity contribution >= 4 is 15.9 Å². The molecular weight excluding hydrogens is 278 g/mol. The minimum absolute atomic E-state index is 0.0566. The Morgan fingerprint density at radius 1 is 1.20 bits per heavy atom. The number of rotatable bonds is 1. The van der Waals surface area contributed by atoms with Crippen molar-refractivity contribution in [1.29, 1.82) is 0 Å². The quantitative estimate of drug-likeness (QED) is 0.622. The summed E-state index contributed by atoms with van der Waals surface area (Å²) in [6, 6.07) is 1.51. The van der Waals surface area contributed by atoms with E-state index in [4.69, 9.17) is 5.73 Å². The topological polar surface area (TPSA) is 26.0 Å². The van der Waals surface area contributed by atoms with Crippen molar-refractivity contribution in [2.45, 2.75) is 17.9 Å². The Kier molecular flexibility index (Phi) is 2.14. The van der Waals surface area contributed by atoms with Gasteiger partial charge in [-0.1, -0.05) is 15.9 Å². The molecule has 1 aromatic rings. The highest BCUT2D eigenvalue weighted by Gasteiger charge is 2.70. The summed E-state index contributed by atoms with van der Waals surface area (Å²) in [6.45, 7) is 0. The van der Waals surface area contributed by atoms with Crippen molar-refractivity contribution < 1.29 is 17.6 Å². The van der Waals surface area contributed by atoms with Gasteiger partial charge in [0.25, 0.3) is 5.92 Å². The first-order valence-electron chi connectivity index (χ1n) is 4.10. The smallest absolute Gasteiger partial charge is 0.272 e. The SMILES string of the molecule is NC1(c2cc(F)c(F)cc2Br)CC1(F)F. The van der Waals surface area contributed by atoms with E-state index in [1.165, 1.54) is 0 Å². The summed E-state index contributed by atoms with van der Waals surface area (Å²) < 4.78 is 51.5. The maximum atomic E-state index is 12.9. The molecule has 0 amide bonds. The molecule has 15 heavy (non-hydrogen) atoms. The van der Waals surface area contributed by atoms with Gasteiger partial charge in [0.2, 0.25) is 0 Å². The van der Waals surface area contributed by atoms with Crippen molar-refractivity contribution in [3.05, 3.63) is 33.8 Å². The van der Waals surface area contributed by atoms with Crippen LogP contribution in [0.15, 0.2) is 16.6 Å². The van der Waals surface area contributed by atoms with Gasteiger partial charge >= 0.3 is 0 Å². The lowest BCUT2D eigenvalue weighted by atomic mass is 10.1. The molecule has 82 valence electrons. The fraction of sp³-hybridized carbons (Fsp3) is 0.333. The van der Waals surface area contributed by atoms with Crippen molar-refractivity contribution in [1.82, 2.24) is 0 Å². The second-order valence-electron chi connectivity index (χ2n) is 3.60. The van der Waals surface area contributed by atoms with Crippen LogP contribution in [0.5, 0.6) is 0 Å². The largest absolute Gasteiger partial charge is 0.316 e. The lowest BCUT2D eigenvalue weighted by Crippen LogP contribution is -2.27. The minimum Gasteiger partial charge on any atom is -0.316 e. The van der Waals surface area contributed by atoms with Crippen molar-refractivity contribution in [2.24, 2.45) is 5.73 Å². The van der Waals surface area contributed by atoms with Crippen LogP contribution in [-0.4, -0.2) is 5.92 Å². The van der Waals surface area contributed by atoms with E-state index in [-0.39, 0.29) is 10.0 Å². The molecule has 1 unspecified atom stereocenters. The van der Waals surface area contributed by atoms with E-state index in [0.29, 0.717) is 6.07 Å². The molecule has 0 bridgehead atoms. The number of alkyl halides is 2. The van der Waals surface area contributed by atoms with Gasteiger partial charge in [-0.15, -0.1) is 0 Å². The van der Waals surface area contributed by atoms with Crippen LogP contribution in [0.4, 0.5) is 17.6 Å². The van der Waals surface area contributed by atoms with Crippen LogP contribution in [0.3, 0.4) is 0 Å². The van der Waals surface area contributed by atoms with Crippen LogP contribution in [0, 0.1) is 11.6 Å². The van der Waals surface area contributed by atoms with Gasteiger partial charge in [-0.25, -0.2) is 17.6 Å². The minimum atomic E-state index is -3.06. The van der Waals surface area contributed by atoms with Crippen LogP contribution in [0.25, 0.3) is 0 Å². The third-order valence-corrected chi connectivity index (χ3v) is 3.18. The monoisotopic (exact) mass is 283 g/mol. The highest BCUT2D eigenvalue weighted by atomic mass is 79.9. The van der Waals surface area contributed by atoms with Gasteiger partial charge in [0.15, 0.2) is 11.6 Å².